The van der Waals surface area contributed by atoms with Crippen molar-refractivity contribution in [3.63, 3.8) is 0 Å². The molecule has 6 nitrogen and oxygen atoms in total. The fraction of sp³-hybridized carbons (Fsp3) is 0.359. The average molecular weight is 634 g/mol. The number of thiazole rings is 1. The molecule has 238 valence electrons. The first-order valence-corrected chi connectivity index (χ1v) is 17.4. The van der Waals surface area contributed by atoms with Crippen molar-refractivity contribution >= 4 is 27.2 Å². The molecule has 1 aromatic heterocycles. The van der Waals surface area contributed by atoms with E-state index in [4.69, 9.17) is 19.2 Å². The molecule has 2 saturated heterocycles. The lowest BCUT2D eigenvalue weighted by Crippen LogP contribution is -2.59. The van der Waals surface area contributed by atoms with Gasteiger partial charge in [-0.05, 0) is 47.6 Å². The molecule has 1 unspecified atom stereocenters. The SMILES string of the molecule is c1ccc(COC2[C@@H](OCc3ccccc3)CN(C[C@H]3CCCN(c4cccc5scnc45)C3)C[C@H]2OCc2ccccc2)cc1. The molecular weight excluding hydrogens is 591 g/mol. The highest BCUT2D eigenvalue weighted by Crippen LogP contribution is 2.32. The van der Waals surface area contributed by atoms with E-state index in [1.807, 2.05) is 23.7 Å². The Balaban J connectivity index is 1.09. The van der Waals surface area contributed by atoms with E-state index in [-0.39, 0.29) is 18.3 Å². The van der Waals surface area contributed by atoms with Crippen molar-refractivity contribution in [2.24, 2.45) is 5.92 Å². The van der Waals surface area contributed by atoms with Crippen molar-refractivity contribution in [1.29, 1.82) is 0 Å². The quantitative estimate of drug-likeness (QED) is 0.141. The third kappa shape index (κ3) is 7.85. The number of piperidine rings is 2. The van der Waals surface area contributed by atoms with Crippen LogP contribution in [0, 0.1) is 5.92 Å². The van der Waals surface area contributed by atoms with Crippen LogP contribution in [0.1, 0.15) is 29.5 Å². The maximum atomic E-state index is 6.74. The first kappa shape index (κ1) is 31.0. The first-order valence-electron chi connectivity index (χ1n) is 16.5. The Morgan fingerprint density at radius 1 is 0.652 bits per heavy atom. The van der Waals surface area contributed by atoms with Gasteiger partial charge in [0.05, 0.1) is 47.9 Å². The van der Waals surface area contributed by atoms with Crippen LogP contribution >= 0.6 is 11.3 Å². The molecule has 0 bridgehead atoms. The highest BCUT2D eigenvalue weighted by molar-refractivity contribution is 7.16. The molecule has 2 fully saturated rings. The number of hydrogen-bond donors (Lipinski definition) is 0. The van der Waals surface area contributed by atoms with Crippen molar-refractivity contribution in [3.05, 3.63) is 131 Å². The molecule has 46 heavy (non-hydrogen) atoms. The van der Waals surface area contributed by atoms with E-state index < -0.39 is 0 Å². The zero-order chi connectivity index (χ0) is 31.0. The Labute approximate surface area is 276 Å². The van der Waals surface area contributed by atoms with Gasteiger partial charge in [-0.25, -0.2) is 4.98 Å². The molecule has 4 aromatic carbocycles. The second-order valence-corrected chi connectivity index (χ2v) is 13.5. The minimum absolute atomic E-state index is 0.123. The second kappa shape index (κ2) is 15.3. The molecule has 0 spiro atoms. The summed E-state index contributed by atoms with van der Waals surface area (Å²) in [6.07, 6.45) is 1.97. The molecule has 7 rings (SSSR count). The lowest BCUT2D eigenvalue weighted by atomic mass is 9.94. The maximum absolute atomic E-state index is 6.74. The van der Waals surface area contributed by atoms with E-state index >= 15 is 0 Å². The van der Waals surface area contributed by atoms with Crippen LogP contribution < -0.4 is 4.90 Å². The molecule has 0 amide bonds. The minimum Gasteiger partial charge on any atom is -0.369 e. The molecule has 5 aromatic rings. The predicted molar refractivity (Wildman–Crippen MR) is 186 cm³/mol. The van der Waals surface area contributed by atoms with E-state index in [9.17, 15) is 0 Å². The van der Waals surface area contributed by atoms with Crippen LogP contribution in [-0.2, 0) is 34.0 Å². The van der Waals surface area contributed by atoms with Gasteiger partial charge in [-0.1, -0.05) is 97.1 Å². The van der Waals surface area contributed by atoms with Gasteiger partial charge in [0.15, 0.2) is 0 Å². The Kier molecular flexibility index (Phi) is 10.3. The number of para-hydroxylation sites is 1. The van der Waals surface area contributed by atoms with Crippen LogP contribution in [0.2, 0.25) is 0 Å². The number of aromatic nitrogens is 1. The number of likely N-dealkylation sites (tertiary alicyclic amines) is 1. The van der Waals surface area contributed by atoms with E-state index in [1.54, 1.807) is 11.3 Å². The van der Waals surface area contributed by atoms with E-state index in [2.05, 4.69) is 101 Å². The van der Waals surface area contributed by atoms with Gasteiger partial charge in [0, 0.05) is 32.7 Å². The lowest BCUT2D eigenvalue weighted by molar-refractivity contribution is -0.185. The Morgan fingerprint density at radius 2 is 1.24 bits per heavy atom. The summed E-state index contributed by atoms with van der Waals surface area (Å²) in [5.74, 6) is 0.550. The van der Waals surface area contributed by atoms with Crippen molar-refractivity contribution in [1.82, 2.24) is 9.88 Å². The van der Waals surface area contributed by atoms with Crippen LogP contribution in [0.4, 0.5) is 5.69 Å². The maximum Gasteiger partial charge on any atom is 0.113 e. The van der Waals surface area contributed by atoms with Gasteiger partial charge < -0.3 is 19.1 Å². The summed E-state index contributed by atoms with van der Waals surface area (Å²) in [6.45, 7) is 6.37. The zero-order valence-electron chi connectivity index (χ0n) is 26.3. The monoisotopic (exact) mass is 633 g/mol. The zero-order valence-corrected chi connectivity index (χ0v) is 27.1. The minimum atomic E-state index is -0.186. The van der Waals surface area contributed by atoms with Crippen molar-refractivity contribution in [2.45, 2.75) is 51.0 Å². The summed E-state index contributed by atoms with van der Waals surface area (Å²) in [4.78, 5) is 9.84. The summed E-state index contributed by atoms with van der Waals surface area (Å²) < 4.78 is 21.5. The summed E-state index contributed by atoms with van der Waals surface area (Å²) in [5, 5.41) is 0. The van der Waals surface area contributed by atoms with Gasteiger partial charge in [0.2, 0.25) is 0 Å². The molecule has 0 aliphatic carbocycles. The Morgan fingerprint density at radius 3 is 1.85 bits per heavy atom. The third-order valence-corrected chi connectivity index (χ3v) is 10.0. The van der Waals surface area contributed by atoms with Gasteiger partial charge in [0.25, 0.3) is 0 Å². The van der Waals surface area contributed by atoms with E-state index in [1.165, 1.54) is 34.4 Å². The van der Waals surface area contributed by atoms with Crippen LogP contribution in [-0.4, -0.2) is 60.9 Å². The van der Waals surface area contributed by atoms with Gasteiger partial charge in [-0.2, -0.15) is 0 Å². The van der Waals surface area contributed by atoms with Crippen LogP contribution in [0.5, 0.6) is 0 Å². The molecular formula is C39H43N3O3S. The average Bonchev–Trinajstić information content (AvgIpc) is 3.60. The summed E-state index contributed by atoms with van der Waals surface area (Å²) in [5.41, 5.74) is 7.86. The van der Waals surface area contributed by atoms with Crippen molar-refractivity contribution < 1.29 is 14.2 Å². The smallest absolute Gasteiger partial charge is 0.113 e. The Hall–Kier alpha value is -3.59. The number of ether oxygens (including phenoxy) is 3. The summed E-state index contributed by atoms with van der Waals surface area (Å²) in [6, 6.07) is 37.9. The molecule has 2 aliphatic heterocycles. The molecule has 7 heteroatoms. The normalized spacial score (nSPS) is 22.3. The highest BCUT2D eigenvalue weighted by Gasteiger charge is 2.40. The van der Waals surface area contributed by atoms with Gasteiger partial charge in [-0.15, -0.1) is 11.3 Å². The fourth-order valence-corrected chi connectivity index (χ4v) is 7.63. The fourth-order valence-electron chi connectivity index (χ4n) is 6.94. The molecule has 2 aliphatic rings. The Bertz CT molecular complexity index is 1580. The van der Waals surface area contributed by atoms with Crippen molar-refractivity contribution in [2.75, 3.05) is 37.6 Å². The largest absolute Gasteiger partial charge is 0.369 e. The van der Waals surface area contributed by atoms with E-state index in [0.29, 0.717) is 25.7 Å². The number of nitrogens with zero attached hydrogens (tertiary/aromatic N) is 3. The van der Waals surface area contributed by atoms with Gasteiger partial charge in [-0.3, -0.25) is 4.90 Å². The number of benzene rings is 4. The molecule has 4 atom stereocenters. The van der Waals surface area contributed by atoms with Crippen LogP contribution in [0.15, 0.2) is 115 Å². The number of hydrogen-bond acceptors (Lipinski definition) is 7. The standard InChI is InChI=1S/C39H43N3O3S/c1-4-12-30(13-5-1)26-43-35-24-41(22-33-18-11-21-42(23-33)34-19-10-20-37-38(34)40-29-46-37)25-36(44-27-31-14-6-2-7-15-31)39(35)45-28-32-16-8-3-9-17-32/h1-10,12-17,19-20,29,33,35-36,39H,11,18,21-28H2/t33-,35-,36+,39?/m1/s1. The number of rotatable bonds is 12. The molecule has 0 radical (unpaired) electrons. The van der Waals surface area contributed by atoms with Gasteiger partial charge >= 0.3 is 0 Å². The first-order chi connectivity index (χ1) is 22.8. The number of anilines is 1. The molecule has 3 heterocycles. The third-order valence-electron chi connectivity index (χ3n) is 9.22. The lowest BCUT2D eigenvalue weighted by Gasteiger charge is -2.45. The second-order valence-electron chi connectivity index (χ2n) is 12.6. The highest BCUT2D eigenvalue weighted by atomic mass is 32.1. The van der Waals surface area contributed by atoms with Crippen molar-refractivity contribution in [3.8, 4) is 0 Å². The number of fused-ring (bicyclic) bond motifs is 1. The summed E-state index contributed by atoms with van der Waals surface area (Å²) >= 11 is 1.72. The molecule has 0 N–H and O–H groups in total. The molecule has 0 saturated carbocycles. The summed E-state index contributed by atoms with van der Waals surface area (Å²) in [7, 11) is 0. The van der Waals surface area contributed by atoms with Crippen LogP contribution in [0.3, 0.4) is 0 Å². The van der Waals surface area contributed by atoms with Gasteiger partial charge in [0.1, 0.15) is 11.6 Å². The predicted octanol–water partition coefficient (Wildman–Crippen LogP) is 7.58. The van der Waals surface area contributed by atoms with E-state index in [0.717, 1.165) is 43.8 Å². The topological polar surface area (TPSA) is 47.1 Å². The van der Waals surface area contributed by atoms with Crippen LogP contribution in [0.25, 0.3) is 10.2 Å².